The Morgan fingerprint density at radius 3 is 2.50 bits per heavy atom. The summed E-state index contributed by atoms with van der Waals surface area (Å²) in [6.45, 7) is 1.91. The van der Waals surface area contributed by atoms with Gasteiger partial charge in [0.05, 0.1) is 13.2 Å². The third-order valence-electron chi connectivity index (χ3n) is 6.90. The van der Waals surface area contributed by atoms with Crippen LogP contribution in [0, 0.1) is 11.6 Å². The summed E-state index contributed by atoms with van der Waals surface area (Å²) in [7, 11) is 1.21. The highest BCUT2D eigenvalue weighted by molar-refractivity contribution is 5.87. The molecule has 8 heteroatoms. The molecule has 0 bridgehead atoms. The molecule has 1 aromatic heterocycles. The maximum absolute atomic E-state index is 15.5. The molecule has 1 saturated carbocycles. The van der Waals surface area contributed by atoms with Crippen molar-refractivity contribution in [2.24, 2.45) is 0 Å². The lowest BCUT2D eigenvalue weighted by Crippen LogP contribution is -2.57. The fraction of sp³-hybridized carbons (Fsp3) is 0.346. The van der Waals surface area contributed by atoms with Gasteiger partial charge in [-0.1, -0.05) is 18.2 Å². The van der Waals surface area contributed by atoms with Crippen molar-refractivity contribution in [2.45, 2.75) is 50.2 Å². The van der Waals surface area contributed by atoms with Crippen LogP contribution in [0.2, 0.25) is 0 Å². The average Bonchev–Trinajstić information content (AvgIpc) is 3.13. The number of aromatic amines is 1. The zero-order chi connectivity index (χ0) is 24.2. The molecule has 1 fully saturated rings. The van der Waals surface area contributed by atoms with Crippen molar-refractivity contribution in [1.29, 1.82) is 0 Å². The van der Waals surface area contributed by atoms with Gasteiger partial charge < -0.3 is 9.72 Å². The van der Waals surface area contributed by atoms with Crippen molar-refractivity contribution < 1.29 is 27.1 Å². The van der Waals surface area contributed by atoms with Gasteiger partial charge in [0.2, 0.25) is 0 Å². The highest BCUT2D eigenvalue weighted by Crippen LogP contribution is 2.49. The number of nitrogens with zero attached hydrogens (tertiary/aromatic N) is 1. The van der Waals surface area contributed by atoms with Gasteiger partial charge in [-0.3, -0.25) is 4.90 Å². The number of methoxy groups -OCH3 is 1. The van der Waals surface area contributed by atoms with E-state index in [0.717, 1.165) is 34.7 Å². The zero-order valence-electron chi connectivity index (χ0n) is 18.7. The van der Waals surface area contributed by atoms with Gasteiger partial charge in [0, 0.05) is 53.2 Å². The number of halogens is 4. The van der Waals surface area contributed by atoms with Crippen LogP contribution in [0.25, 0.3) is 17.0 Å². The number of alkyl halides is 2. The molecule has 0 radical (unpaired) electrons. The summed E-state index contributed by atoms with van der Waals surface area (Å²) in [5.74, 6) is -5.02. The third kappa shape index (κ3) is 3.79. The Morgan fingerprint density at radius 2 is 1.85 bits per heavy atom. The Morgan fingerprint density at radius 1 is 1.18 bits per heavy atom. The Labute approximate surface area is 194 Å². The number of H-pyrrole nitrogens is 1. The van der Waals surface area contributed by atoms with Crippen molar-refractivity contribution in [3.63, 3.8) is 0 Å². The first-order valence-electron chi connectivity index (χ1n) is 11.2. The van der Waals surface area contributed by atoms with Gasteiger partial charge in [-0.2, -0.15) is 0 Å². The quantitative estimate of drug-likeness (QED) is 0.298. The summed E-state index contributed by atoms with van der Waals surface area (Å²) in [6, 6.07) is 8.34. The number of rotatable bonds is 4. The lowest BCUT2D eigenvalue weighted by atomic mass is 9.80. The smallest absolute Gasteiger partial charge is 0.330 e. The second-order valence-electron chi connectivity index (χ2n) is 9.14. The van der Waals surface area contributed by atoms with E-state index >= 15 is 8.78 Å². The molecule has 0 saturated heterocycles. The normalized spacial score (nSPS) is 22.6. The lowest BCUT2D eigenvalue weighted by molar-refractivity contribution is -0.139. The molecule has 178 valence electrons. The molecule has 0 spiro atoms. The number of hydrogen-bond acceptors (Lipinski definition) is 3. The number of nitrogens with one attached hydrogen (secondary N) is 1. The van der Waals surface area contributed by atoms with E-state index in [0.29, 0.717) is 12.1 Å². The summed E-state index contributed by atoms with van der Waals surface area (Å²) in [5.41, 5.74) is 2.38. The van der Waals surface area contributed by atoms with Crippen LogP contribution in [0.15, 0.2) is 42.5 Å². The second kappa shape index (κ2) is 8.27. The number of carbonyl (C=O) groups is 1. The molecule has 0 unspecified atom stereocenters. The van der Waals surface area contributed by atoms with Crippen LogP contribution in [0.4, 0.5) is 17.6 Å². The number of carbonyl (C=O) groups excluding carboxylic acids is 1. The fourth-order valence-corrected chi connectivity index (χ4v) is 5.38. The number of benzene rings is 2. The number of esters is 1. The first-order valence-corrected chi connectivity index (χ1v) is 11.2. The molecule has 3 aromatic rings. The molecular weight excluding hydrogens is 448 g/mol. The van der Waals surface area contributed by atoms with Crippen LogP contribution in [-0.4, -0.2) is 41.0 Å². The van der Waals surface area contributed by atoms with Gasteiger partial charge in [0.1, 0.15) is 11.6 Å². The maximum Gasteiger partial charge on any atom is 0.330 e. The minimum Gasteiger partial charge on any atom is -0.466 e. The molecule has 2 aromatic carbocycles. The number of aromatic nitrogens is 1. The molecule has 2 heterocycles. The van der Waals surface area contributed by atoms with E-state index in [1.54, 1.807) is 0 Å². The van der Waals surface area contributed by atoms with E-state index in [4.69, 9.17) is 0 Å². The minimum absolute atomic E-state index is 0.159. The number of ether oxygens (including phenoxy) is 1. The number of hydrogen-bond donors (Lipinski definition) is 1. The first-order chi connectivity index (χ1) is 16.2. The van der Waals surface area contributed by atoms with Crippen LogP contribution >= 0.6 is 0 Å². The molecule has 1 aliphatic heterocycles. The van der Waals surface area contributed by atoms with E-state index in [1.807, 2.05) is 36.1 Å². The van der Waals surface area contributed by atoms with Crippen molar-refractivity contribution in [3.05, 3.63) is 76.5 Å². The van der Waals surface area contributed by atoms with E-state index in [-0.39, 0.29) is 30.0 Å². The predicted octanol–water partition coefficient (Wildman–Crippen LogP) is 5.77. The Kier molecular flexibility index (Phi) is 5.51. The largest absolute Gasteiger partial charge is 0.466 e. The Balaban J connectivity index is 1.65. The SMILES string of the molecule is COC(=O)/C=C/c1cc(F)c([C@H]2c3[nH]c4ccccc4c3C[C@H](C)N2C2CC(F)(F)C2)c(F)c1. The number of fused-ring (bicyclic) bond motifs is 3. The molecule has 1 aliphatic carbocycles. The third-order valence-corrected chi connectivity index (χ3v) is 6.90. The fourth-order valence-electron chi connectivity index (χ4n) is 5.38. The van der Waals surface area contributed by atoms with Crippen LogP contribution in [0.1, 0.15) is 48.2 Å². The minimum atomic E-state index is -2.77. The monoisotopic (exact) mass is 472 g/mol. The van der Waals surface area contributed by atoms with Crippen molar-refractivity contribution in [1.82, 2.24) is 9.88 Å². The molecule has 4 nitrogen and oxygen atoms in total. The van der Waals surface area contributed by atoms with Gasteiger partial charge >= 0.3 is 5.97 Å². The zero-order valence-corrected chi connectivity index (χ0v) is 18.7. The van der Waals surface area contributed by atoms with E-state index in [2.05, 4.69) is 9.72 Å². The van der Waals surface area contributed by atoms with Crippen LogP contribution in [-0.2, 0) is 16.0 Å². The van der Waals surface area contributed by atoms with Gasteiger partial charge in [0.15, 0.2) is 0 Å². The standard InChI is InChI=1S/C26H24F4N2O2/c1-14-9-18-17-5-3-4-6-21(17)31-24(18)25(32(14)16-12-26(29,30)13-16)23-19(27)10-15(11-20(23)28)7-8-22(33)34-2/h3-8,10-11,14,16,25,31H,9,12-13H2,1-2H3/b8-7+/t14-,25-/m0/s1. The summed E-state index contributed by atoms with van der Waals surface area (Å²) in [4.78, 5) is 16.5. The maximum atomic E-state index is 15.5. The highest BCUT2D eigenvalue weighted by Gasteiger charge is 2.52. The van der Waals surface area contributed by atoms with Crippen LogP contribution in [0.5, 0.6) is 0 Å². The predicted molar refractivity (Wildman–Crippen MR) is 121 cm³/mol. The first kappa shape index (κ1) is 22.7. The second-order valence-corrected chi connectivity index (χ2v) is 9.14. The summed E-state index contributed by atoms with van der Waals surface area (Å²) >= 11 is 0. The number of para-hydroxylation sites is 1. The Bertz CT molecular complexity index is 1270. The molecule has 34 heavy (non-hydrogen) atoms. The van der Waals surface area contributed by atoms with Crippen molar-refractivity contribution in [2.75, 3.05) is 7.11 Å². The average molecular weight is 472 g/mol. The molecule has 2 aliphatic rings. The van der Waals surface area contributed by atoms with Gasteiger partial charge in [-0.15, -0.1) is 0 Å². The van der Waals surface area contributed by atoms with Gasteiger partial charge in [0.25, 0.3) is 5.92 Å². The van der Waals surface area contributed by atoms with Crippen molar-refractivity contribution in [3.8, 4) is 0 Å². The van der Waals surface area contributed by atoms with Gasteiger partial charge in [-0.05, 0) is 48.7 Å². The van der Waals surface area contributed by atoms with Crippen LogP contribution < -0.4 is 0 Å². The van der Waals surface area contributed by atoms with E-state index in [1.165, 1.54) is 13.2 Å². The lowest BCUT2D eigenvalue weighted by Gasteiger charge is -2.51. The molecule has 2 atom stereocenters. The molecule has 1 N–H and O–H groups in total. The van der Waals surface area contributed by atoms with E-state index < -0.39 is 35.6 Å². The molecule has 5 rings (SSSR count). The topological polar surface area (TPSA) is 45.3 Å². The van der Waals surface area contributed by atoms with Crippen LogP contribution in [0.3, 0.4) is 0 Å². The summed E-state index contributed by atoms with van der Waals surface area (Å²) in [6.07, 6.45) is 2.25. The summed E-state index contributed by atoms with van der Waals surface area (Å²) < 4.78 is 63.2. The van der Waals surface area contributed by atoms with E-state index in [9.17, 15) is 13.6 Å². The Hall–Kier alpha value is -3.13. The summed E-state index contributed by atoms with van der Waals surface area (Å²) in [5, 5.41) is 0.964. The van der Waals surface area contributed by atoms with Crippen molar-refractivity contribution >= 4 is 22.9 Å². The highest BCUT2D eigenvalue weighted by atomic mass is 19.3. The molecular formula is C26H24F4N2O2. The molecule has 0 amide bonds. The van der Waals surface area contributed by atoms with Gasteiger partial charge in [-0.25, -0.2) is 22.4 Å².